The van der Waals surface area contributed by atoms with Gasteiger partial charge in [0.25, 0.3) is 0 Å². The van der Waals surface area contributed by atoms with Crippen LogP contribution in [0.25, 0.3) is 0 Å². The summed E-state index contributed by atoms with van der Waals surface area (Å²) in [7, 11) is 0. The number of alkyl halides is 3. The standard InChI is InChI=1S/C13H13BrF3N3/c1-9-7-19-20(8-9)5-4-18-12-6-10(14)2-3-11(12)13(15,16)17/h2-3,6-8,18H,4-5H2,1H3. The summed E-state index contributed by atoms with van der Waals surface area (Å²) < 4.78 is 40.9. The second-order valence-electron chi connectivity index (χ2n) is 4.40. The van der Waals surface area contributed by atoms with Crippen LogP contribution in [0.2, 0.25) is 0 Å². The summed E-state index contributed by atoms with van der Waals surface area (Å²) in [5.41, 5.74) is 0.413. The van der Waals surface area contributed by atoms with Crippen molar-refractivity contribution in [1.29, 1.82) is 0 Å². The van der Waals surface area contributed by atoms with Crippen LogP contribution in [0.3, 0.4) is 0 Å². The van der Waals surface area contributed by atoms with Gasteiger partial charge in [0.05, 0.1) is 18.3 Å². The first-order valence-electron chi connectivity index (χ1n) is 5.96. The maximum absolute atomic E-state index is 12.9. The molecule has 3 nitrogen and oxygen atoms in total. The van der Waals surface area contributed by atoms with Gasteiger partial charge in [-0.2, -0.15) is 18.3 Å². The molecule has 0 bridgehead atoms. The minimum atomic E-state index is -4.37. The fourth-order valence-corrected chi connectivity index (χ4v) is 2.17. The van der Waals surface area contributed by atoms with Crippen molar-refractivity contribution in [2.45, 2.75) is 19.6 Å². The smallest absolute Gasteiger partial charge is 0.383 e. The quantitative estimate of drug-likeness (QED) is 0.902. The highest BCUT2D eigenvalue weighted by Crippen LogP contribution is 2.36. The molecule has 0 saturated heterocycles. The highest BCUT2D eigenvalue weighted by atomic mass is 79.9. The van der Waals surface area contributed by atoms with E-state index in [1.165, 1.54) is 12.1 Å². The first-order valence-corrected chi connectivity index (χ1v) is 6.75. The molecule has 1 aromatic heterocycles. The molecule has 1 N–H and O–H groups in total. The van der Waals surface area contributed by atoms with Crippen molar-refractivity contribution in [3.8, 4) is 0 Å². The predicted octanol–water partition coefficient (Wildman–Crippen LogP) is 4.08. The van der Waals surface area contributed by atoms with Gasteiger partial charge in [-0.1, -0.05) is 15.9 Å². The highest BCUT2D eigenvalue weighted by molar-refractivity contribution is 9.10. The third-order valence-electron chi connectivity index (χ3n) is 2.71. The van der Waals surface area contributed by atoms with Crippen LogP contribution in [0, 0.1) is 6.92 Å². The number of nitrogens with zero attached hydrogens (tertiary/aromatic N) is 2. The number of aromatic nitrogens is 2. The minimum absolute atomic E-state index is 0.0655. The van der Waals surface area contributed by atoms with E-state index in [1.807, 2.05) is 13.1 Å². The zero-order valence-electron chi connectivity index (χ0n) is 10.7. The Labute approximate surface area is 122 Å². The number of rotatable bonds is 4. The fourth-order valence-electron chi connectivity index (χ4n) is 1.80. The Bertz CT molecular complexity index is 593. The first-order chi connectivity index (χ1) is 9.36. The fraction of sp³-hybridized carbons (Fsp3) is 0.308. The number of benzene rings is 1. The molecule has 0 aliphatic carbocycles. The third-order valence-corrected chi connectivity index (χ3v) is 3.20. The van der Waals surface area contributed by atoms with Gasteiger partial charge in [0.15, 0.2) is 0 Å². The topological polar surface area (TPSA) is 29.9 Å². The Morgan fingerprint density at radius 1 is 1.35 bits per heavy atom. The number of aryl methyl sites for hydroxylation is 1. The zero-order valence-corrected chi connectivity index (χ0v) is 12.3. The summed E-state index contributed by atoms with van der Waals surface area (Å²) in [6.45, 7) is 2.77. The van der Waals surface area contributed by atoms with Gasteiger partial charge in [0, 0.05) is 22.9 Å². The van der Waals surface area contributed by atoms with Crippen LogP contribution in [-0.2, 0) is 12.7 Å². The molecule has 0 atom stereocenters. The van der Waals surface area contributed by atoms with Gasteiger partial charge in [-0.3, -0.25) is 4.68 Å². The molecule has 1 aromatic carbocycles. The van der Waals surface area contributed by atoms with E-state index in [1.54, 1.807) is 10.9 Å². The summed E-state index contributed by atoms with van der Waals surface area (Å²) in [6, 6.07) is 3.87. The van der Waals surface area contributed by atoms with E-state index in [0.717, 1.165) is 11.6 Å². The number of nitrogens with one attached hydrogen (secondary N) is 1. The molecule has 0 unspecified atom stereocenters. The molecular formula is C13H13BrF3N3. The van der Waals surface area contributed by atoms with Crippen molar-refractivity contribution in [3.05, 3.63) is 46.2 Å². The summed E-state index contributed by atoms with van der Waals surface area (Å²) in [4.78, 5) is 0. The van der Waals surface area contributed by atoms with Crippen molar-refractivity contribution in [1.82, 2.24) is 9.78 Å². The lowest BCUT2D eigenvalue weighted by Gasteiger charge is -2.15. The maximum Gasteiger partial charge on any atom is 0.418 e. The van der Waals surface area contributed by atoms with E-state index in [-0.39, 0.29) is 5.69 Å². The molecule has 0 saturated carbocycles. The molecule has 0 aliphatic rings. The molecule has 2 aromatic rings. The number of halogens is 4. The van der Waals surface area contributed by atoms with E-state index >= 15 is 0 Å². The molecule has 2 rings (SSSR count). The normalized spacial score (nSPS) is 11.7. The van der Waals surface area contributed by atoms with Gasteiger partial charge in [0.2, 0.25) is 0 Å². The molecule has 1 heterocycles. The predicted molar refractivity (Wildman–Crippen MR) is 74.6 cm³/mol. The third kappa shape index (κ3) is 3.75. The van der Waals surface area contributed by atoms with E-state index in [0.29, 0.717) is 17.6 Å². The molecule has 7 heteroatoms. The lowest BCUT2D eigenvalue weighted by atomic mass is 10.1. The lowest BCUT2D eigenvalue weighted by Crippen LogP contribution is -2.15. The molecule has 0 aliphatic heterocycles. The minimum Gasteiger partial charge on any atom is -0.383 e. The van der Waals surface area contributed by atoms with E-state index < -0.39 is 11.7 Å². The Balaban J connectivity index is 2.06. The van der Waals surface area contributed by atoms with E-state index in [9.17, 15) is 13.2 Å². The van der Waals surface area contributed by atoms with Crippen molar-refractivity contribution < 1.29 is 13.2 Å². The molecule has 0 radical (unpaired) electrons. The van der Waals surface area contributed by atoms with Crippen molar-refractivity contribution in [2.75, 3.05) is 11.9 Å². The van der Waals surface area contributed by atoms with Crippen LogP contribution in [0.1, 0.15) is 11.1 Å². The van der Waals surface area contributed by atoms with Crippen molar-refractivity contribution in [3.63, 3.8) is 0 Å². The van der Waals surface area contributed by atoms with Gasteiger partial charge in [-0.15, -0.1) is 0 Å². The summed E-state index contributed by atoms with van der Waals surface area (Å²) >= 11 is 3.18. The monoisotopic (exact) mass is 347 g/mol. The van der Waals surface area contributed by atoms with Crippen LogP contribution in [-0.4, -0.2) is 16.3 Å². The number of anilines is 1. The Kier molecular flexibility index (Phi) is 4.37. The number of hydrogen-bond acceptors (Lipinski definition) is 2. The van der Waals surface area contributed by atoms with Gasteiger partial charge in [-0.05, 0) is 30.7 Å². The zero-order chi connectivity index (χ0) is 14.8. The van der Waals surface area contributed by atoms with Crippen LogP contribution < -0.4 is 5.32 Å². The van der Waals surface area contributed by atoms with Crippen molar-refractivity contribution in [2.24, 2.45) is 0 Å². The van der Waals surface area contributed by atoms with Gasteiger partial charge >= 0.3 is 6.18 Å². The lowest BCUT2D eigenvalue weighted by molar-refractivity contribution is -0.137. The summed E-state index contributed by atoms with van der Waals surface area (Å²) in [5.74, 6) is 0. The van der Waals surface area contributed by atoms with Crippen LogP contribution in [0.15, 0.2) is 35.1 Å². The average Bonchev–Trinajstić information content (AvgIpc) is 2.73. The van der Waals surface area contributed by atoms with Crippen molar-refractivity contribution >= 4 is 21.6 Å². The second kappa shape index (κ2) is 5.87. The molecule has 20 heavy (non-hydrogen) atoms. The number of hydrogen-bond donors (Lipinski definition) is 1. The van der Waals surface area contributed by atoms with Crippen LogP contribution >= 0.6 is 15.9 Å². The molecular weight excluding hydrogens is 335 g/mol. The second-order valence-corrected chi connectivity index (χ2v) is 5.31. The van der Waals surface area contributed by atoms with Gasteiger partial charge < -0.3 is 5.32 Å². The molecule has 108 valence electrons. The Morgan fingerprint density at radius 3 is 2.70 bits per heavy atom. The Hall–Kier alpha value is -1.50. The summed E-state index contributed by atoms with van der Waals surface area (Å²) in [5, 5.41) is 6.89. The molecule has 0 fully saturated rings. The summed E-state index contributed by atoms with van der Waals surface area (Å²) in [6.07, 6.45) is -0.821. The first kappa shape index (κ1) is 14.9. The SMILES string of the molecule is Cc1cnn(CCNc2cc(Br)ccc2C(F)(F)F)c1. The van der Waals surface area contributed by atoms with Crippen LogP contribution in [0.4, 0.5) is 18.9 Å². The largest absolute Gasteiger partial charge is 0.418 e. The molecule has 0 amide bonds. The van der Waals surface area contributed by atoms with E-state index in [2.05, 4.69) is 26.3 Å². The Morgan fingerprint density at radius 2 is 2.10 bits per heavy atom. The molecule has 0 spiro atoms. The van der Waals surface area contributed by atoms with Crippen LogP contribution in [0.5, 0.6) is 0 Å². The van der Waals surface area contributed by atoms with E-state index in [4.69, 9.17) is 0 Å². The average molecular weight is 348 g/mol. The maximum atomic E-state index is 12.9. The van der Waals surface area contributed by atoms with Gasteiger partial charge in [-0.25, -0.2) is 0 Å². The highest BCUT2D eigenvalue weighted by Gasteiger charge is 2.33. The van der Waals surface area contributed by atoms with Gasteiger partial charge in [0.1, 0.15) is 0 Å².